The van der Waals surface area contributed by atoms with Crippen LogP contribution >= 0.6 is 0 Å². The van der Waals surface area contributed by atoms with Gasteiger partial charge in [-0.1, -0.05) is 45.1 Å². The molecule has 2 heterocycles. The van der Waals surface area contributed by atoms with Crippen molar-refractivity contribution < 1.29 is 9.21 Å². The van der Waals surface area contributed by atoms with E-state index in [0.29, 0.717) is 23.6 Å². The maximum absolute atomic E-state index is 10.8. The first-order valence-electron chi connectivity index (χ1n) is 9.60. The topological polar surface area (TPSA) is 144 Å². The van der Waals surface area contributed by atoms with Crippen LogP contribution in [0, 0.1) is 0 Å². The number of oxazole rings is 1. The second kappa shape index (κ2) is 11.6. The minimum Gasteiger partial charge on any atom is -0.431 e. The van der Waals surface area contributed by atoms with Crippen molar-refractivity contribution in [2.45, 2.75) is 52.0 Å². The Morgan fingerprint density at radius 1 is 1.11 bits per heavy atom. The number of urea groups is 1. The summed E-state index contributed by atoms with van der Waals surface area (Å²) >= 11 is 0. The number of anilines is 1. The first kappa shape index (κ1) is 21.2. The molecule has 0 aromatic carbocycles. The maximum atomic E-state index is 10.8. The zero-order chi connectivity index (χ0) is 20.2. The number of primary amides is 1. The molecule has 0 bridgehead atoms. The summed E-state index contributed by atoms with van der Waals surface area (Å²) in [5.41, 5.74) is 12.8. The molecule has 28 heavy (non-hydrogen) atoms. The number of aromatic nitrogens is 2. The SMILES string of the molecule is CCCCCCCCN=C(N)Nc1nc(-c2cccc(CNC(N)=O)n2)co1. The van der Waals surface area contributed by atoms with Crippen LogP contribution in [0.2, 0.25) is 0 Å². The second-order valence-corrected chi connectivity index (χ2v) is 6.43. The van der Waals surface area contributed by atoms with Gasteiger partial charge in [0.15, 0.2) is 5.96 Å². The molecule has 152 valence electrons. The van der Waals surface area contributed by atoms with Gasteiger partial charge in [-0.05, 0) is 18.6 Å². The van der Waals surface area contributed by atoms with Crippen molar-refractivity contribution in [3.63, 3.8) is 0 Å². The highest BCUT2D eigenvalue weighted by Crippen LogP contribution is 2.19. The Bertz CT molecular complexity index is 773. The monoisotopic (exact) mass is 387 g/mol. The molecule has 0 aliphatic rings. The van der Waals surface area contributed by atoms with E-state index in [1.165, 1.54) is 31.9 Å². The fourth-order valence-corrected chi connectivity index (χ4v) is 2.59. The number of guanidine groups is 1. The lowest BCUT2D eigenvalue weighted by Crippen LogP contribution is -2.28. The van der Waals surface area contributed by atoms with E-state index < -0.39 is 6.03 Å². The molecular formula is C19H29N7O2. The van der Waals surface area contributed by atoms with Crippen molar-refractivity contribution in [2.24, 2.45) is 16.5 Å². The Labute approximate surface area is 165 Å². The van der Waals surface area contributed by atoms with Crippen LogP contribution in [0.25, 0.3) is 11.4 Å². The quantitative estimate of drug-likeness (QED) is 0.265. The third-order valence-corrected chi connectivity index (χ3v) is 4.05. The lowest BCUT2D eigenvalue weighted by Gasteiger charge is -2.03. The molecule has 0 saturated carbocycles. The molecule has 0 saturated heterocycles. The molecule has 9 nitrogen and oxygen atoms in total. The Kier molecular flexibility index (Phi) is 8.77. The predicted molar refractivity (Wildman–Crippen MR) is 110 cm³/mol. The van der Waals surface area contributed by atoms with Gasteiger partial charge in [-0.25, -0.2) is 9.78 Å². The van der Waals surface area contributed by atoms with Crippen molar-refractivity contribution in [2.75, 3.05) is 11.9 Å². The van der Waals surface area contributed by atoms with Crippen molar-refractivity contribution >= 4 is 18.0 Å². The van der Waals surface area contributed by atoms with Crippen LogP contribution in [0.5, 0.6) is 0 Å². The third-order valence-electron chi connectivity index (χ3n) is 4.05. The Morgan fingerprint density at radius 3 is 2.68 bits per heavy atom. The first-order chi connectivity index (χ1) is 13.6. The van der Waals surface area contributed by atoms with Gasteiger partial charge in [0.1, 0.15) is 12.0 Å². The lowest BCUT2D eigenvalue weighted by atomic mass is 10.1. The van der Waals surface area contributed by atoms with Gasteiger partial charge in [0.05, 0.1) is 17.9 Å². The molecule has 2 aromatic heterocycles. The molecular weight excluding hydrogens is 358 g/mol. The van der Waals surface area contributed by atoms with E-state index in [1.807, 2.05) is 6.07 Å². The summed E-state index contributed by atoms with van der Waals surface area (Å²) in [5.74, 6) is 0.273. The first-order valence-corrected chi connectivity index (χ1v) is 9.60. The maximum Gasteiger partial charge on any atom is 0.312 e. The summed E-state index contributed by atoms with van der Waals surface area (Å²) in [7, 11) is 0. The number of hydrogen-bond acceptors (Lipinski definition) is 5. The number of carbonyl (C=O) groups is 1. The minimum absolute atomic E-state index is 0.240. The van der Waals surface area contributed by atoms with Crippen LogP contribution in [-0.4, -0.2) is 28.5 Å². The molecule has 2 rings (SSSR count). The number of unbranched alkanes of at least 4 members (excludes halogenated alkanes) is 5. The van der Waals surface area contributed by atoms with Gasteiger partial charge in [-0.2, -0.15) is 4.98 Å². The van der Waals surface area contributed by atoms with Gasteiger partial charge in [0, 0.05) is 6.54 Å². The van der Waals surface area contributed by atoms with Crippen LogP contribution in [-0.2, 0) is 6.54 Å². The predicted octanol–water partition coefficient (Wildman–Crippen LogP) is 2.99. The van der Waals surface area contributed by atoms with Gasteiger partial charge < -0.3 is 21.2 Å². The Balaban J connectivity index is 1.84. The summed E-state index contributed by atoms with van der Waals surface area (Å²) in [5, 5.41) is 5.34. The molecule has 9 heteroatoms. The fraction of sp³-hybridized carbons (Fsp3) is 0.474. The summed E-state index contributed by atoms with van der Waals surface area (Å²) in [6.07, 6.45) is 8.71. The number of amides is 2. The molecule has 2 amide bonds. The number of carbonyl (C=O) groups excluding carboxylic acids is 1. The van der Waals surface area contributed by atoms with E-state index in [9.17, 15) is 4.79 Å². The van der Waals surface area contributed by atoms with Crippen LogP contribution in [0.1, 0.15) is 51.1 Å². The summed E-state index contributed by atoms with van der Waals surface area (Å²) in [4.78, 5) is 23.8. The highest BCUT2D eigenvalue weighted by molar-refractivity contribution is 5.90. The van der Waals surface area contributed by atoms with Gasteiger partial charge >= 0.3 is 12.0 Å². The van der Waals surface area contributed by atoms with Gasteiger partial charge in [-0.3, -0.25) is 10.3 Å². The molecule has 0 aliphatic carbocycles. The van der Waals surface area contributed by atoms with Gasteiger partial charge in [0.25, 0.3) is 0 Å². The number of hydrogen-bond donors (Lipinski definition) is 4. The van der Waals surface area contributed by atoms with Crippen molar-refractivity contribution in [1.82, 2.24) is 15.3 Å². The van der Waals surface area contributed by atoms with Crippen LogP contribution in [0.3, 0.4) is 0 Å². The van der Waals surface area contributed by atoms with Gasteiger partial charge in [-0.15, -0.1) is 0 Å². The fourth-order valence-electron chi connectivity index (χ4n) is 2.59. The average molecular weight is 387 g/mol. The Hall–Kier alpha value is -3.10. The number of rotatable bonds is 11. The average Bonchev–Trinajstić information content (AvgIpc) is 3.14. The Morgan fingerprint density at radius 2 is 1.89 bits per heavy atom. The number of pyridine rings is 1. The largest absolute Gasteiger partial charge is 0.431 e. The molecule has 6 N–H and O–H groups in total. The number of nitrogens with zero attached hydrogens (tertiary/aromatic N) is 3. The van der Waals surface area contributed by atoms with E-state index in [1.54, 1.807) is 12.1 Å². The standard InChI is InChI=1S/C19H29N7O2/c1-2-3-4-5-6-7-11-22-17(20)26-19-25-16(13-28-19)15-10-8-9-14(24-15)12-23-18(21)27/h8-10,13H,2-7,11-12H2,1H3,(H3,21,23,27)(H3,20,22,25,26). The smallest absolute Gasteiger partial charge is 0.312 e. The number of nitrogens with one attached hydrogen (secondary N) is 2. The van der Waals surface area contributed by atoms with Crippen molar-refractivity contribution in [3.05, 3.63) is 30.2 Å². The third kappa shape index (κ3) is 7.65. The van der Waals surface area contributed by atoms with Crippen LogP contribution in [0.15, 0.2) is 33.9 Å². The molecule has 0 fully saturated rings. The van der Waals surface area contributed by atoms with E-state index in [4.69, 9.17) is 15.9 Å². The molecule has 0 unspecified atom stereocenters. The van der Waals surface area contributed by atoms with Crippen LogP contribution in [0.4, 0.5) is 10.8 Å². The van der Waals surface area contributed by atoms with E-state index in [-0.39, 0.29) is 18.5 Å². The van der Waals surface area contributed by atoms with Gasteiger partial charge in [0.2, 0.25) is 0 Å². The van der Waals surface area contributed by atoms with Crippen molar-refractivity contribution in [3.8, 4) is 11.4 Å². The van der Waals surface area contributed by atoms with Crippen LogP contribution < -0.4 is 22.1 Å². The zero-order valence-electron chi connectivity index (χ0n) is 16.3. The molecule has 2 aromatic rings. The minimum atomic E-state index is -0.601. The molecule has 0 radical (unpaired) electrons. The summed E-state index contributed by atoms with van der Waals surface area (Å²) < 4.78 is 5.39. The highest BCUT2D eigenvalue weighted by atomic mass is 16.4. The summed E-state index contributed by atoms with van der Waals surface area (Å²) in [6, 6.07) is 5.05. The van der Waals surface area contributed by atoms with E-state index in [0.717, 1.165) is 12.8 Å². The highest BCUT2D eigenvalue weighted by Gasteiger charge is 2.09. The molecule has 0 atom stereocenters. The zero-order valence-corrected chi connectivity index (χ0v) is 16.3. The normalized spacial score (nSPS) is 11.4. The lowest BCUT2D eigenvalue weighted by molar-refractivity contribution is 0.248. The molecule has 0 spiro atoms. The summed E-state index contributed by atoms with van der Waals surface area (Å²) in [6.45, 7) is 3.12. The van der Waals surface area contributed by atoms with E-state index >= 15 is 0 Å². The molecule has 0 aliphatic heterocycles. The van der Waals surface area contributed by atoms with Crippen molar-refractivity contribution in [1.29, 1.82) is 0 Å². The van der Waals surface area contributed by atoms with E-state index in [2.05, 4.69) is 32.5 Å². The number of aliphatic imine (C=N–C) groups is 1. The number of nitrogens with two attached hydrogens (primary N) is 2. The second-order valence-electron chi connectivity index (χ2n) is 6.43.